The third-order valence-corrected chi connectivity index (χ3v) is 2.51. The first-order valence-electron chi connectivity index (χ1n) is 4.93. The van der Waals surface area contributed by atoms with Gasteiger partial charge in [0.1, 0.15) is 7.85 Å². The van der Waals surface area contributed by atoms with Gasteiger partial charge in [-0.1, -0.05) is 17.6 Å². The maximum Gasteiger partial charge on any atom is 0.116 e. The molecule has 3 heteroatoms. The molecule has 0 amide bonds. The molecule has 2 aromatic rings. The maximum absolute atomic E-state index is 8.85. The fraction of sp³-hybridized carbons (Fsp3) is 0.0769. The number of benzene rings is 1. The Bertz CT molecular complexity index is 570. The molecule has 2 nitrogen and oxygen atoms in total. The average molecular weight is 204 g/mol. The molecule has 0 fully saturated rings. The minimum absolute atomic E-state index is 0.645. The first kappa shape index (κ1) is 10.4. The lowest BCUT2D eigenvalue weighted by Gasteiger charge is -2.07. The van der Waals surface area contributed by atoms with E-state index in [1.165, 1.54) is 0 Å². The van der Waals surface area contributed by atoms with Crippen molar-refractivity contribution in [1.29, 1.82) is 5.26 Å². The van der Waals surface area contributed by atoms with E-state index in [0.29, 0.717) is 11.0 Å². The summed E-state index contributed by atoms with van der Waals surface area (Å²) in [5.74, 6) is 0. The van der Waals surface area contributed by atoms with Crippen molar-refractivity contribution in [2.24, 2.45) is 0 Å². The van der Waals surface area contributed by atoms with Crippen LogP contribution in [0.4, 0.5) is 0 Å². The number of rotatable bonds is 1. The summed E-state index contributed by atoms with van der Waals surface area (Å²) < 4.78 is 0. The van der Waals surface area contributed by atoms with Crippen LogP contribution in [0, 0.1) is 18.3 Å². The summed E-state index contributed by atoms with van der Waals surface area (Å²) in [5.41, 5.74) is 4.25. The third-order valence-electron chi connectivity index (χ3n) is 2.51. The Morgan fingerprint density at radius 3 is 2.75 bits per heavy atom. The van der Waals surface area contributed by atoms with E-state index in [2.05, 4.69) is 11.1 Å². The minimum Gasteiger partial charge on any atom is -0.265 e. The average Bonchev–Trinajstić information content (AvgIpc) is 2.29. The van der Waals surface area contributed by atoms with Gasteiger partial charge in [0.05, 0.1) is 11.6 Å². The van der Waals surface area contributed by atoms with E-state index in [1.807, 2.05) is 31.2 Å². The second-order valence-electron chi connectivity index (χ2n) is 3.60. The topological polar surface area (TPSA) is 36.7 Å². The summed E-state index contributed by atoms with van der Waals surface area (Å²) in [5, 5.41) is 8.85. The zero-order valence-electron chi connectivity index (χ0n) is 8.94. The molecule has 0 N–H and O–H groups in total. The van der Waals surface area contributed by atoms with Gasteiger partial charge in [0.15, 0.2) is 0 Å². The molecule has 2 radical (unpaired) electrons. The van der Waals surface area contributed by atoms with Crippen molar-refractivity contribution < 1.29 is 0 Å². The monoisotopic (exact) mass is 204 g/mol. The van der Waals surface area contributed by atoms with Crippen LogP contribution in [0.1, 0.15) is 11.1 Å². The van der Waals surface area contributed by atoms with Gasteiger partial charge in [-0.2, -0.15) is 5.26 Å². The molecule has 1 aromatic carbocycles. The molecule has 16 heavy (non-hydrogen) atoms. The van der Waals surface area contributed by atoms with Crippen LogP contribution in [-0.2, 0) is 0 Å². The molecule has 0 bridgehead atoms. The molecule has 0 unspecified atom stereocenters. The Hall–Kier alpha value is -2.08. The second-order valence-corrected chi connectivity index (χ2v) is 3.60. The van der Waals surface area contributed by atoms with E-state index in [9.17, 15) is 0 Å². The number of nitriles is 1. The van der Waals surface area contributed by atoms with Crippen molar-refractivity contribution in [1.82, 2.24) is 4.98 Å². The van der Waals surface area contributed by atoms with Crippen molar-refractivity contribution >= 4 is 13.3 Å². The Labute approximate surface area is 96.0 Å². The van der Waals surface area contributed by atoms with E-state index in [-0.39, 0.29) is 0 Å². The van der Waals surface area contributed by atoms with Crippen LogP contribution < -0.4 is 5.46 Å². The highest BCUT2D eigenvalue weighted by atomic mass is 14.6. The molecule has 0 aliphatic rings. The molecule has 0 spiro atoms. The Morgan fingerprint density at radius 1 is 1.31 bits per heavy atom. The van der Waals surface area contributed by atoms with Crippen LogP contribution in [0.5, 0.6) is 0 Å². The van der Waals surface area contributed by atoms with Gasteiger partial charge < -0.3 is 0 Å². The van der Waals surface area contributed by atoms with E-state index in [1.54, 1.807) is 12.4 Å². The molecular weight excluding hydrogens is 195 g/mol. The molecule has 2 rings (SSSR count). The molecule has 0 aliphatic heterocycles. The first-order chi connectivity index (χ1) is 7.72. The molecule has 74 valence electrons. The summed E-state index contributed by atoms with van der Waals surface area (Å²) in [6, 6.07) is 9.69. The third kappa shape index (κ3) is 1.83. The second kappa shape index (κ2) is 4.20. The Balaban J connectivity index is 2.55. The SMILES string of the molecule is [B]c1cnccc1-c1ccc(C#N)c(C)c1. The molecule has 1 heterocycles. The summed E-state index contributed by atoms with van der Waals surface area (Å²) >= 11 is 0. The van der Waals surface area contributed by atoms with Crippen molar-refractivity contribution in [3.8, 4) is 17.2 Å². The van der Waals surface area contributed by atoms with Gasteiger partial charge in [-0.05, 0) is 35.7 Å². The van der Waals surface area contributed by atoms with Gasteiger partial charge in [0, 0.05) is 12.4 Å². The highest BCUT2D eigenvalue weighted by molar-refractivity contribution is 6.35. The number of aryl methyl sites for hydroxylation is 1. The summed E-state index contributed by atoms with van der Waals surface area (Å²) in [7, 11) is 5.85. The number of nitrogens with zero attached hydrogens (tertiary/aromatic N) is 2. The first-order valence-corrected chi connectivity index (χ1v) is 4.93. The molecule has 0 atom stereocenters. The molecule has 0 saturated carbocycles. The number of pyridine rings is 1. The van der Waals surface area contributed by atoms with E-state index < -0.39 is 0 Å². The van der Waals surface area contributed by atoms with Crippen molar-refractivity contribution in [2.45, 2.75) is 6.92 Å². The summed E-state index contributed by atoms with van der Waals surface area (Å²) in [4.78, 5) is 3.95. The Morgan fingerprint density at radius 2 is 2.12 bits per heavy atom. The van der Waals surface area contributed by atoms with E-state index >= 15 is 0 Å². The molecule has 1 aromatic heterocycles. The number of aromatic nitrogens is 1. The fourth-order valence-corrected chi connectivity index (χ4v) is 1.63. The van der Waals surface area contributed by atoms with Gasteiger partial charge >= 0.3 is 0 Å². The highest BCUT2D eigenvalue weighted by Gasteiger charge is 2.03. The van der Waals surface area contributed by atoms with Gasteiger partial charge in [0.25, 0.3) is 0 Å². The van der Waals surface area contributed by atoms with Gasteiger partial charge in [-0.25, -0.2) is 0 Å². The lowest BCUT2D eigenvalue weighted by molar-refractivity contribution is 1.34. The molecular formula is C13H9BN2. The van der Waals surface area contributed by atoms with E-state index in [4.69, 9.17) is 13.1 Å². The van der Waals surface area contributed by atoms with Crippen LogP contribution in [0.3, 0.4) is 0 Å². The quantitative estimate of drug-likeness (QED) is 0.663. The highest BCUT2D eigenvalue weighted by Crippen LogP contribution is 2.19. The van der Waals surface area contributed by atoms with Crippen LogP contribution in [-0.4, -0.2) is 12.8 Å². The number of hydrogen-bond acceptors (Lipinski definition) is 2. The molecule has 0 aliphatic carbocycles. The largest absolute Gasteiger partial charge is 0.265 e. The summed E-state index contributed by atoms with van der Waals surface area (Å²) in [6.07, 6.45) is 3.34. The van der Waals surface area contributed by atoms with Crippen molar-refractivity contribution in [3.05, 3.63) is 47.8 Å². The standard InChI is InChI=1S/C13H9BN2/c1-9-6-10(2-3-11(9)7-15)12-4-5-16-8-13(12)14/h2-6,8H,1H3. The predicted octanol–water partition coefficient (Wildman–Crippen LogP) is 1.72. The van der Waals surface area contributed by atoms with Crippen LogP contribution in [0.2, 0.25) is 0 Å². The van der Waals surface area contributed by atoms with Gasteiger partial charge in [-0.15, -0.1) is 0 Å². The normalized spacial score (nSPS) is 9.75. The lowest BCUT2D eigenvalue weighted by Crippen LogP contribution is -2.07. The number of hydrogen-bond donors (Lipinski definition) is 0. The predicted molar refractivity (Wildman–Crippen MR) is 64.5 cm³/mol. The summed E-state index contributed by atoms with van der Waals surface area (Å²) in [6.45, 7) is 1.92. The minimum atomic E-state index is 0.645. The van der Waals surface area contributed by atoms with Crippen LogP contribution >= 0.6 is 0 Å². The van der Waals surface area contributed by atoms with Crippen LogP contribution in [0.15, 0.2) is 36.7 Å². The van der Waals surface area contributed by atoms with Crippen molar-refractivity contribution in [2.75, 3.05) is 0 Å². The Kier molecular flexibility index (Phi) is 2.74. The van der Waals surface area contributed by atoms with Gasteiger partial charge in [-0.3, -0.25) is 4.98 Å². The fourth-order valence-electron chi connectivity index (χ4n) is 1.63. The van der Waals surface area contributed by atoms with Crippen molar-refractivity contribution in [3.63, 3.8) is 0 Å². The zero-order chi connectivity index (χ0) is 11.5. The van der Waals surface area contributed by atoms with Gasteiger partial charge in [0.2, 0.25) is 0 Å². The lowest BCUT2D eigenvalue weighted by atomic mass is 9.88. The van der Waals surface area contributed by atoms with Crippen LogP contribution in [0.25, 0.3) is 11.1 Å². The zero-order valence-corrected chi connectivity index (χ0v) is 8.94. The van der Waals surface area contributed by atoms with E-state index in [0.717, 1.165) is 16.7 Å². The smallest absolute Gasteiger partial charge is 0.116 e. The molecule has 0 saturated heterocycles. The maximum atomic E-state index is 8.85.